The van der Waals surface area contributed by atoms with E-state index < -0.39 is 0 Å². The maximum absolute atomic E-state index is 2.55. The number of aryl methyl sites for hydroxylation is 1. The smallest absolute Gasteiger partial charge is 0.0162 e. The molecule has 0 amide bonds. The van der Waals surface area contributed by atoms with Gasteiger partial charge in [-0.1, -0.05) is 44.4 Å². The van der Waals surface area contributed by atoms with Crippen LogP contribution in [0.1, 0.15) is 80.4 Å². The Hall–Kier alpha value is -0.780. The van der Waals surface area contributed by atoms with Gasteiger partial charge >= 0.3 is 0 Å². The summed E-state index contributed by atoms with van der Waals surface area (Å²) in [5, 5.41) is 0. The Morgan fingerprint density at radius 3 is 2.59 bits per heavy atom. The highest BCUT2D eigenvalue weighted by atomic mass is 14.3. The molecular weight excluding hydrogens is 204 g/mol. The lowest BCUT2D eigenvalue weighted by Gasteiger charge is -2.27. The molecule has 0 heterocycles. The van der Waals surface area contributed by atoms with E-state index in [1.165, 1.54) is 51.4 Å². The molecule has 0 radical (unpaired) electrons. The van der Waals surface area contributed by atoms with Gasteiger partial charge in [0.2, 0.25) is 0 Å². The molecule has 1 aromatic rings. The third-order valence-electron chi connectivity index (χ3n) is 4.86. The van der Waals surface area contributed by atoms with Crippen LogP contribution < -0.4 is 0 Å². The van der Waals surface area contributed by atoms with E-state index in [0.29, 0.717) is 0 Å². The van der Waals surface area contributed by atoms with Crippen LogP contribution in [0.2, 0.25) is 0 Å². The van der Waals surface area contributed by atoms with Crippen molar-refractivity contribution >= 4 is 0 Å². The standard InChI is InChI=1S/C17H24/c1-13-6-5-9-15-10-11-16(12-17(13)15)14-7-3-2-4-8-14/h10-14H,2-9H2,1H3. The van der Waals surface area contributed by atoms with Gasteiger partial charge in [0, 0.05) is 0 Å². The molecule has 1 unspecified atom stereocenters. The second-order valence-electron chi connectivity index (χ2n) is 6.09. The Balaban J connectivity index is 1.88. The third-order valence-corrected chi connectivity index (χ3v) is 4.86. The summed E-state index contributed by atoms with van der Waals surface area (Å²) in [7, 11) is 0. The number of hydrogen-bond acceptors (Lipinski definition) is 0. The molecule has 0 nitrogen and oxygen atoms in total. The summed E-state index contributed by atoms with van der Waals surface area (Å²) in [4.78, 5) is 0. The summed E-state index contributed by atoms with van der Waals surface area (Å²) in [6, 6.07) is 7.40. The van der Waals surface area contributed by atoms with Crippen LogP contribution in [0.5, 0.6) is 0 Å². The van der Waals surface area contributed by atoms with Gasteiger partial charge in [0.05, 0.1) is 0 Å². The summed E-state index contributed by atoms with van der Waals surface area (Å²) >= 11 is 0. The van der Waals surface area contributed by atoms with Crippen LogP contribution in [-0.2, 0) is 6.42 Å². The lowest BCUT2D eigenvalue weighted by atomic mass is 9.79. The Morgan fingerprint density at radius 1 is 0.941 bits per heavy atom. The zero-order chi connectivity index (χ0) is 11.7. The first-order valence-corrected chi connectivity index (χ1v) is 7.47. The third kappa shape index (κ3) is 2.27. The van der Waals surface area contributed by atoms with Gasteiger partial charge < -0.3 is 0 Å². The molecular formula is C17H24. The summed E-state index contributed by atoms with van der Waals surface area (Å²) in [5.74, 6) is 1.66. The SMILES string of the molecule is CC1CCCc2ccc(C3CCCCC3)cc21. The average molecular weight is 228 g/mol. The maximum Gasteiger partial charge on any atom is -0.0162 e. The van der Waals surface area contributed by atoms with Crippen LogP contribution in [0.3, 0.4) is 0 Å². The highest BCUT2D eigenvalue weighted by molar-refractivity contribution is 5.37. The molecule has 2 aliphatic carbocycles. The van der Waals surface area contributed by atoms with Gasteiger partial charge in [0.25, 0.3) is 0 Å². The second kappa shape index (κ2) is 4.84. The Kier molecular flexibility index (Phi) is 3.22. The van der Waals surface area contributed by atoms with E-state index in [1.807, 2.05) is 0 Å². The van der Waals surface area contributed by atoms with Gasteiger partial charge in [-0.3, -0.25) is 0 Å². The van der Waals surface area contributed by atoms with Crippen molar-refractivity contribution in [3.05, 3.63) is 34.9 Å². The molecule has 0 N–H and O–H groups in total. The summed E-state index contributed by atoms with van der Waals surface area (Å²) in [6.45, 7) is 2.41. The first-order chi connectivity index (χ1) is 8.34. The Labute approximate surface area is 105 Å². The van der Waals surface area contributed by atoms with Crippen molar-refractivity contribution in [2.24, 2.45) is 0 Å². The molecule has 1 aromatic carbocycles. The van der Waals surface area contributed by atoms with Crippen molar-refractivity contribution < 1.29 is 0 Å². The van der Waals surface area contributed by atoms with Crippen molar-refractivity contribution in [1.82, 2.24) is 0 Å². The van der Waals surface area contributed by atoms with Gasteiger partial charge in [0.1, 0.15) is 0 Å². The number of hydrogen-bond donors (Lipinski definition) is 0. The number of benzene rings is 1. The van der Waals surface area contributed by atoms with E-state index in [4.69, 9.17) is 0 Å². The molecule has 1 atom stereocenters. The monoisotopic (exact) mass is 228 g/mol. The summed E-state index contributed by atoms with van der Waals surface area (Å²) < 4.78 is 0. The van der Waals surface area contributed by atoms with E-state index in [9.17, 15) is 0 Å². The van der Waals surface area contributed by atoms with Crippen LogP contribution in [-0.4, -0.2) is 0 Å². The molecule has 92 valence electrons. The summed E-state index contributed by atoms with van der Waals surface area (Å²) in [5.41, 5.74) is 4.93. The molecule has 0 saturated heterocycles. The molecule has 0 heteroatoms. The lowest BCUT2D eigenvalue weighted by Crippen LogP contribution is -2.10. The minimum atomic E-state index is 0.794. The van der Waals surface area contributed by atoms with E-state index in [1.54, 1.807) is 16.7 Å². The molecule has 3 rings (SSSR count). The Bertz CT molecular complexity index is 385. The second-order valence-corrected chi connectivity index (χ2v) is 6.09. The van der Waals surface area contributed by atoms with Gasteiger partial charge in [-0.25, -0.2) is 0 Å². The molecule has 0 bridgehead atoms. The van der Waals surface area contributed by atoms with Crippen molar-refractivity contribution in [1.29, 1.82) is 0 Å². The van der Waals surface area contributed by atoms with Crippen molar-refractivity contribution in [2.45, 2.75) is 70.1 Å². The largest absolute Gasteiger partial charge is 0.0585 e. The summed E-state index contributed by atoms with van der Waals surface area (Å²) in [6.07, 6.45) is 11.3. The molecule has 0 aliphatic heterocycles. The van der Waals surface area contributed by atoms with Crippen molar-refractivity contribution in [3.63, 3.8) is 0 Å². The topological polar surface area (TPSA) is 0 Å². The van der Waals surface area contributed by atoms with Gasteiger partial charge in [-0.15, -0.1) is 0 Å². The normalized spacial score (nSPS) is 25.6. The fourth-order valence-electron chi connectivity index (χ4n) is 3.74. The van der Waals surface area contributed by atoms with Crippen LogP contribution >= 0.6 is 0 Å². The first-order valence-electron chi connectivity index (χ1n) is 7.47. The quantitative estimate of drug-likeness (QED) is 0.621. The number of fused-ring (bicyclic) bond motifs is 1. The average Bonchev–Trinajstić information content (AvgIpc) is 2.40. The molecule has 1 saturated carbocycles. The minimum Gasteiger partial charge on any atom is -0.0585 e. The van der Waals surface area contributed by atoms with Crippen LogP contribution in [0.25, 0.3) is 0 Å². The zero-order valence-electron chi connectivity index (χ0n) is 11.0. The Morgan fingerprint density at radius 2 is 1.76 bits per heavy atom. The highest BCUT2D eigenvalue weighted by Gasteiger charge is 2.20. The molecule has 1 fully saturated rings. The molecule has 0 spiro atoms. The van der Waals surface area contributed by atoms with E-state index in [2.05, 4.69) is 25.1 Å². The van der Waals surface area contributed by atoms with E-state index in [0.717, 1.165) is 11.8 Å². The van der Waals surface area contributed by atoms with Crippen molar-refractivity contribution in [2.75, 3.05) is 0 Å². The van der Waals surface area contributed by atoms with E-state index in [-0.39, 0.29) is 0 Å². The van der Waals surface area contributed by atoms with Gasteiger partial charge in [-0.05, 0) is 60.6 Å². The van der Waals surface area contributed by atoms with Crippen LogP contribution in [0.15, 0.2) is 18.2 Å². The highest BCUT2D eigenvalue weighted by Crippen LogP contribution is 2.37. The molecule has 2 aliphatic rings. The maximum atomic E-state index is 2.55. The van der Waals surface area contributed by atoms with Gasteiger partial charge in [0.15, 0.2) is 0 Å². The lowest BCUT2D eigenvalue weighted by molar-refractivity contribution is 0.442. The zero-order valence-corrected chi connectivity index (χ0v) is 11.0. The van der Waals surface area contributed by atoms with Crippen LogP contribution in [0.4, 0.5) is 0 Å². The minimum absolute atomic E-state index is 0.794. The predicted molar refractivity (Wildman–Crippen MR) is 73.6 cm³/mol. The predicted octanol–water partition coefficient (Wildman–Crippen LogP) is 5.17. The number of rotatable bonds is 1. The van der Waals surface area contributed by atoms with Crippen LogP contribution in [0, 0.1) is 0 Å². The van der Waals surface area contributed by atoms with Gasteiger partial charge in [-0.2, -0.15) is 0 Å². The fourth-order valence-corrected chi connectivity index (χ4v) is 3.74. The molecule has 0 aromatic heterocycles. The fraction of sp³-hybridized carbons (Fsp3) is 0.647. The van der Waals surface area contributed by atoms with Crippen molar-refractivity contribution in [3.8, 4) is 0 Å². The van der Waals surface area contributed by atoms with E-state index >= 15 is 0 Å². The first kappa shape index (κ1) is 11.3. The molecule has 17 heavy (non-hydrogen) atoms.